The zero-order chi connectivity index (χ0) is 18.0. The van der Waals surface area contributed by atoms with Crippen molar-refractivity contribution in [3.8, 4) is 5.75 Å². The van der Waals surface area contributed by atoms with Crippen molar-refractivity contribution in [1.29, 1.82) is 0 Å². The summed E-state index contributed by atoms with van der Waals surface area (Å²) in [4.78, 5) is 21.1. The highest BCUT2D eigenvalue weighted by Gasteiger charge is 2.31. The number of fused-ring (bicyclic) bond motifs is 1. The molecule has 2 aromatic rings. The van der Waals surface area contributed by atoms with E-state index in [0.717, 1.165) is 25.7 Å². The van der Waals surface area contributed by atoms with Crippen LogP contribution in [-0.4, -0.2) is 39.7 Å². The van der Waals surface area contributed by atoms with E-state index in [1.54, 1.807) is 31.6 Å². The molecule has 0 radical (unpaired) electrons. The Bertz CT molecular complexity index is 762. The number of aromatic nitrogens is 2. The Labute approximate surface area is 147 Å². The van der Waals surface area contributed by atoms with Crippen molar-refractivity contribution in [2.75, 3.05) is 7.11 Å². The molecular weight excluding hydrogens is 318 g/mol. The predicted molar refractivity (Wildman–Crippen MR) is 95.6 cm³/mol. The van der Waals surface area contributed by atoms with E-state index in [2.05, 4.69) is 15.3 Å². The van der Waals surface area contributed by atoms with Crippen LogP contribution in [0.5, 0.6) is 5.75 Å². The van der Waals surface area contributed by atoms with Gasteiger partial charge in [-0.2, -0.15) is 0 Å². The molecule has 1 saturated carbocycles. The summed E-state index contributed by atoms with van der Waals surface area (Å²) in [5.41, 5.74) is 1.22. The summed E-state index contributed by atoms with van der Waals surface area (Å²) < 4.78 is 5.13. The SMILES string of the molecule is COc1cnc2cc(C(=O)NC3CCC(C(C)(C)O)CC3)cnc2c1. The Balaban J connectivity index is 1.65. The van der Waals surface area contributed by atoms with E-state index >= 15 is 0 Å². The molecule has 3 rings (SSSR count). The number of amides is 1. The van der Waals surface area contributed by atoms with Gasteiger partial charge in [-0.1, -0.05) is 0 Å². The summed E-state index contributed by atoms with van der Waals surface area (Å²) >= 11 is 0. The summed E-state index contributed by atoms with van der Waals surface area (Å²) in [6.07, 6.45) is 6.80. The second-order valence-electron chi connectivity index (χ2n) is 7.31. The van der Waals surface area contributed by atoms with Crippen LogP contribution in [0.4, 0.5) is 0 Å². The Kier molecular flexibility index (Phi) is 4.90. The average Bonchev–Trinajstić information content (AvgIpc) is 2.60. The number of methoxy groups -OCH3 is 1. The molecule has 1 aliphatic rings. The fourth-order valence-corrected chi connectivity index (χ4v) is 3.43. The van der Waals surface area contributed by atoms with Crippen molar-refractivity contribution in [1.82, 2.24) is 15.3 Å². The third-order valence-electron chi connectivity index (χ3n) is 5.07. The zero-order valence-electron chi connectivity index (χ0n) is 15.0. The number of hydrogen-bond acceptors (Lipinski definition) is 5. The predicted octanol–water partition coefficient (Wildman–Crippen LogP) is 2.70. The summed E-state index contributed by atoms with van der Waals surface area (Å²) in [6, 6.07) is 3.69. The van der Waals surface area contributed by atoms with Crippen LogP contribution in [0, 0.1) is 5.92 Å². The Morgan fingerprint density at radius 3 is 2.44 bits per heavy atom. The number of rotatable bonds is 4. The molecule has 1 amide bonds. The Morgan fingerprint density at radius 2 is 1.80 bits per heavy atom. The van der Waals surface area contributed by atoms with Crippen molar-refractivity contribution in [2.24, 2.45) is 5.92 Å². The number of ether oxygens (including phenoxy) is 1. The third-order valence-corrected chi connectivity index (χ3v) is 5.07. The van der Waals surface area contributed by atoms with Crippen LogP contribution in [-0.2, 0) is 0 Å². The van der Waals surface area contributed by atoms with Gasteiger partial charge in [0.25, 0.3) is 5.91 Å². The second kappa shape index (κ2) is 6.96. The first-order valence-electron chi connectivity index (χ1n) is 8.70. The van der Waals surface area contributed by atoms with Gasteiger partial charge in [0.2, 0.25) is 0 Å². The molecule has 134 valence electrons. The van der Waals surface area contributed by atoms with Gasteiger partial charge in [-0.05, 0) is 51.5 Å². The fourth-order valence-electron chi connectivity index (χ4n) is 3.43. The molecule has 6 nitrogen and oxygen atoms in total. The number of nitrogens with zero attached hydrogens (tertiary/aromatic N) is 2. The van der Waals surface area contributed by atoms with E-state index in [0.29, 0.717) is 28.3 Å². The van der Waals surface area contributed by atoms with Gasteiger partial charge in [0.1, 0.15) is 5.75 Å². The maximum absolute atomic E-state index is 12.5. The normalized spacial score (nSPS) is 21.1. The minimum atomic E-state index is -0.649. The van der Waals surface area contributed by atoms with Gasteiger partial charge in [0.15, 0.2) is 0 Å². The standard InChI is InChI=1S/C19H25N3O3/c1-19(2,24)13-4-6-14(7-5-13)22-18(23)12-8-16-17(20-10-12)9-15(25-3)11-21-16/h8-11,13-14,24H,4-7H2,1-3H3,(H,22,23). The number of carbonyl (C=O) groups excluding carboxylic acids is 1. The van der Waals surface area contributed by atoms with Gasteiger partial charge in [-0.15, -0.1) is 0 Å². The molecule has 0 saturated heterocycles. The van der Waals surface area contributed by atoms with E-state index in [1.165, 1.54) is 0 Å². The summed E-state index contributed by atoms with van der Waals surface area (Å²) in [6.45, 7) is 3.72. The van der Waals surface area contributed by atoms with E-state index in [1.807, 2.05) is 13.8 Å². The molecule has 0 aromatic carbocycles. The lowest BCUT2D eigenvalue weighted by Crippen LogP contribution is -2.41. The average molecular weight is 343 g/mol. The van der Waals surface area contributed by atoms with E-state index in [-0.39, 0.29) is 11.9 Å². The molecule has 0 bridgehead atoms. The van der Waals surface area contributed by atoms with Crippen molar-refractivity contribution < 1.29 is 14.6 Å². The van der Waals surface area contributed by atoms with Crippen molar-refractivity contribution in [3.05, 3.63) is 30.1 Å². The second-order valence-corrected chi connectivity index (χ2v) is 7.31. The summed E-state index contributed by atoms with van der Waals surface area (Å²) in [5.74, 6) is 0.807. The molecule has 0 aliphatic heterocycles. The van der Waals surface area contributed by atoms with Crippen molar-refractivity contribution in [3.63, 3.8) is 0 Å². The highest BCUT2D eigenvalue weighted by Crippen LogP contribution is 2.32. The lowest BCUT2D eigenvalue weighted by molar-refractivity contribution is -0.00257. The monoisotopic (exact) mass is 343 g/mol. The molecule has 2 N–H and O–H groups in total. The number of nitrogens with one attached hydrogen (secondary N) is 1. The summed E-state index contributed by atoms with van der Waals surface area (Å²) in [7, 11) is 1.58. The van der Waals surface area contributed by atoms with Crippen LogP contribution in [0.2, 0.25) is 0 Å². The molecule has 25 heavy (non-hydrogen) atoms. The van der Waals surface area contributed by atoms with Gasteiger partial charge in [-0.25, -0.2) is 0 Å². The smallest absolute Gasteiger partial charge is 0.253 e. The summed E-state index contributed by atoms with van der Waals surface area (Å²) in [5, 5.41) is 13.2. The Morgan fingerprint density at radius 1 is 1.16 bits per heavy atom. The third kappa shape index (κ3) is 4.07. The first kappa shape index (κ1) is 17.6. The van der Waals surface area contributed by atoms with Crippen LogP contribution >= 0.6 is 0 Å². The molecule has 0 spiro atoms. The quantitative estimate of drug-likeness (QED) is 0.892. The molecule has 2 heterocycles. The van der Waals surface area contributed by atoms with Crippen LogP contribution in [0.1, 0.15) is 49.9 Å². The highest BCUT2D eigenvalue weighted by atomic mass is 16.5. The van der Waals surface area contributed by atoms with Crippen molar-refractivity contribution >= 4 is 16.9 Å². The van der Waals surface area contributed by atoms with Crippen molar-refractivity contribution in [2.45, 2.75) is 51.2 Å². The number of pyridine rings is 2. The molecular formula is C19H25N3O3. The molecule has 1 aliphatic carbocycles. The van der Waals surface area contributed by atoms with Crippen LogP contribution in [0.3, 0.4) is 0 Å². The lowest BCUT2D eigenvalue weighted by atomic mass is 9.77. The first-order valence-corrected chi connectivity index (χ1v) is 8.70. The fraction of sp³-hybridized carbons (Fsp3) is 0.526. The topological polar surface area (TPSA) is 84.3 Å². The van der Waals surface area contributed by atoms with E-state index in [4.69, 9.17) is 4.74 Å². The maximum Gasteiger partial charge on any atom is 0.253 e. The van der Waals surface area contributed by atoms with E-state index in [9.17, 15) is 9.90 Å². The largest absolute Gasteiger partial charge is 0.495 e. The number of carbonyl (C=O) groups is 1. The van der Waals surface area contributed by atoms with Gasteiger partial charge < -0.3 is 15.2 Å². The van der Waals surface area contributed by atoms with Gasteiger partial charge in [0.05, 0.1) is 35.5 Å². The molecule has 0 atom stereocenters. The lowest BCUT2D eigenvalue weighted by Gasteiger charge is -2.36. The maximum atomic E-state index is 12.5. The molecule has 1 fully saturated rings. The zero-order valence-corrected chi connectivity index (χ0v) is 15.0. The first-order chi connectivity index (χ1) is 11.9. The number of hydrogen-bond donors (Lipinski definition) is 2. The highest BCUT2D eigenvalue weighted by molar-refractivity contribution is 5.96. The number of aliphatic hydroxyl groups is 1. The van der Waals surface area contributed by atoms with Gasteiger partial charge in [-0.3, -0.25) is 14.8 Å². The van der Waals surface area contributed by atoms with E-state index < -0.39 is 5.60 Å². The van der Waals surface area contributed by atoms with Gasteiger partial charge in [0, 0.05) is 18.3 Å². The molecule has 0 unspecified atom stereocenters. The van der Waals surface area contributed by atoms with Crippen LogP contribution in [0.25, 0.3) is 11.0 Å². The van der Waals surface area contributed by atoms with Crippen LogP contribution in [0.15, 0.2) is 24.5 Å². The minimum Gasteiger partial charge on any atom is -0.495 e. The van der Waals surface area contributed by atoms with Gasteiger partial charge >= 0.3 is 0 Å². The molecule has 6 heteroatoms. The Hall–Kier alpha value is -2.21. The molecule has 2 aromatic heterocycles. The minimum absolute atomic E-state index is 0.126. The van der Waals surface area contributed by atoms with Crippen LogP contribution < -0.4 is 10.1 Å².